The molecule has 0 aromatic carbocycles. The third-order valence-electron chi connectivity index (χ3n) is 13.6. The largest absolute Gasteiger partial charge is 0.462 e. The van der Waals surface area contributed by atoms with Gasteiger partial charge in [0, 0.05) is 19.3 Å². The lowest BCUT2D eigenvalue weighted by Gasteiger charge is -2.18. The summed E-state index contributed by atoms with van der Waals surface area (Å²) in [6.07, 6.45) is 95.8. The van der Waals surface area contributed by atoms with Crippen LogP contribution in [-0.4, -0.2) is 37.2 Å². The van der Waals surface area contributed by atoms with E-state index >= 15 is 0 Å². The first-order valence-corrected chi connectivity index (χ1v) is 32.8. The first-order chi connectivity index (χ1) is 39.5. The Morgan fingerprint density at radius 1 is 0.263 bits per heavy atom. The zero-order valence-electron chi connectivity index (χ0n) is 51.8. The number of esters is 3. The van der Waals surface area contributed by atoms with Crippen LogP contribution in [-0.2, 0) is 28.6 Å². The second-order valence-corrected chi connectivity index (χ2v) is 21.3. The van der Waals surface area contributed by atoms with E-state index in [2.05, 4.69) is 167 Å². The summed E-state index contributed by atoms with van der Waals surface area (Å²) in [6, 6.07) is 0. The van der Waals surface area contributed by atoms with Gasteiger partial charge in [-0.3, -0.25) is 14.4 Å². The second-order valence-electron chi connectivity index (χ2n) is 21.3. The molecular formula is C74H120O6. The Bertz CT molecular complexity index is 1750. The smallest absolute Gasteiger partial charge is 0.306 e. The minimum Gasteiger partial charge on any atom is -0.462 e. The van der Waals surface area contributed by atoms with Crippen molar-refractivity contribution in [3.05, 3.63) is 146 Å². The van der Waals surface area contributed by atoms with Crippen molar-refractivity contribution in [3.63, 3.8) is 0 Å². The molecule has 0 aromatic heterocycles. The van der Waals surface area contributed by atoms with E-state index in [-0.39, 0.29) is 31.1 Å². The van der Waals surface area contributed by atoms with Crippen LogP contribution in [0, 0.1) is 0 Å². The minimum atomic E-state index is -0.790. The Labute approximate surface area is 493 Å². The van der Waals surface area contributed by atoms with Gasteiger partial charge in [0.25, 0.3) is 0 Å². The zero-order valence-corrected chi connectivity index (χ0v) is 51.8. The number of hydrogen-bond acceptors (Lipinski definition) is 6. The molecule has 0 N–H and O–H groups in total. The molecule has 0 bridgehead atoms. The molecule has 6 nitrogen and oxygen atoms in total. The van der Waals surface area contributed by atoms with Gasteiger partial charge in [-0.25, -0.2) is 0 Å². The van der Waals surface area contributed by atoms with E-state index in [4.69, 9.17) is 14.2 Å². The first-order valence-electron chi connectivity index (χ1n) is 32.8. The van der Waals surface area contributed by atoms with Crippen LogP contribution in [0.4, 0.5) is 0 Å². The standard InChI is InChI=1S/C74H120O6/c1-4-7-10-13-16-19-21-23-25-27-29-31-33-35-37-39-41-43-45-47-49-51-53-55-58-61-64-67-73(76)79-70-71(69-78-72(75)66-63-60-57-18-15-12-9-6-3)80-74(77)68-65-62-59-56-54-52-50-48-46-44-42-40-38-36-34-32-30-28-26-24-22-20-17-14-11-8-5-2/h7-8,10-11,16-17,19-20,23-26,29-32,35-38,41-44,71H,4-6,9,12-15,18,21-22,27-28,33-34,39-40,45-70H2,1-3H3/b10-7-,11-8-,19-16-,20-17-,25-23-,26-24-,31-29-,32-30-,37-35-,38-36-,43-41-,44-42-. The molecule has 0 aliphatic heterocycles. The number of unbranched alkanes of at least 4 members (excludes halogenated alkanes) is 23. The maximum Gasteiger partial charge on any atom is 0.306 e. The number of carbonyl (C=O) groups excluding carboxylic acids is 3. The summed E-state index contributed by atoms with van der Waals surface area (Å²) in [5.41, 5.74) is 0. The average molecular weight is 1110 g/mol. The Morgan fingerprint density at radius 2 is 0.487 bits per heavy atom. The summed E-state index contributed by atoms with van der Waals surface area (Å²) in [5, 5.41) is 0. The van der Waals surface area contributed by atoms with E-state index in [1.54, 1.807) is 0 Å². The van der Waals surface area contributed by atoms with Gasteiger partial charge in [0.05, 0.1) is 0 Å². The molecule has 0 radical (unpaired) electrons. The molecule has 6 heteroatoms. The van der Waals surface area contributed by atoms with Gasteiger partial charge in [-0.05, 0) is 122 Å². The minimum absolute atomic E-state index is 0.0870. The van der Waals surface area contributed by atoms with Crippen LogP contribution in [0.2, 0.25) is 0 Å². The first kappa shape index (κ1) is 75.3. The highest BCUT2D eigenvalue weighted by molar-refractivity contribution is 5.71. The molecule has 452 valence electrons. The summed E-state index contributed by atoms with van der Waals surface area (Å²) in [6.45, 7) is 6.37. The van der Waals surface area contributed by atoms with Crippen LogP contribution in [0.1, 0.15) is 284 Å². The van der Waals surface area contributed by atoms with Crippen molar-refractivity contribution >= 4 is 17.9 Å². The Balaban J connectivity index is 4.25. The van der Waals surface area contributed by atoms with Crippen LogP contribution in [0.3, 0.4) is 0 Å². The summed E-state index contributed by atoms with van der Waals surface area (Å²) in [5.74, 6) is -0.908. The monoisotopic (exact) mass is 1100 g/mol. The molecule has 0 amide bonds. The van der Waals surface area contributed by atoms with E-state index < -0.39 is 6.10 Å². The van der Waals surface area contributed by atoms with Crippen molar-refractivity contribution < 1.29 is 28.6 Å². The quantitative estimate of drug-likeness (QED) is 0.0261. The Kier molecular flexibility index (Phi) is 62.9. The molecule has 0 aromatic rings. The zero-order chi connectivity index (χ0) is 57.8. The predicted octanol–water partition coefficient (Wildman–Crippen LogP) is 22.7. The van der Waals surface area contributed by atoms with Crippen molar-refractivity contribution in [2.24, 2.45) is 0 Å². The number of carbonyl (C=O) groups is 3. The summed E-state index contributed by atoms with van der Waals surface area (Å²) in [4.78, 5) is 38.2. The predicted molar refractivity (Wildman–Crippen MR) is 348 cm³/mol. The van der Waals surface area contributed by atoms with Crippen LogP contribution >= 0.6 is 0 Å². The van der Waals surface area contributed by atoms with E-state index in [1.807, 2.05) is 0 Å². The maximum atomic E-state index is 12.9. The van der Waals surface area contributed by atoms with Gasteiger partial charge in [-0.15, -0.1) is 0 Å². The highest BCUT2D eigenvalue weighted by Crippen LogP contribution is 2.15. The third kappa shape index (κ3) is 64.1. The molecule has 0 rings (SSSR count). The van der Waals surface area contributed by atoms with Crippen LogP contribution < -0.4 is 0 Å². The van der Waals surface area contributed by atoms with Crippen molar-refractivity contribution in [2.45, 2.75) is 290 Å². The molecule has 0 fully saturated rings. The lowest BCUT2D eigenvalue weighted by Crippen LogP contribution is -2.30. The van der Waals surface area contributed by atoms with Gasteiger partial charge < -0.3 is 14.2 Å². The molecule has 1 unspecified atom stereocenters. The van der Waals surface area contributed by atoms with Gasteiger partial charge in [-0.1, -0.05) is 289 Å². The van der Waals surface area contributed by atoms with Crippen molar-refractivity contribution in [2.75, 3.05) is 13.2 Å². The molecule has 0 saturated heterocycles. The van der Waals surface area contributed by atoms with Crippen LogP contribution in [0.5, 0.6) is 0 Å². The molecule has 0 aliphatic rings. The number of hydrogen-bond donors (Lipinski definition) is 0. The average Bonchev–Trinajstić information content (AvgIpc) is 3.46. The van der Waals surface area contributed by atoms with Gasteiger partial charge >= 0.3 is 17.9 Å². The van der Waals surface area contributed by atoms with Crippen LogP contribution in [0.15, 0.2) is 146 Å². The van der Waals surface area contributed by atoms with Gasteiger partial charge in [0.2, 0.25) is 0 Å². The topological polar surface area (TPSA) is 78.9 Å². The summed E-state index contributed by atoms with van der Waals surface area (Å²) in [7, 11) is 0. The number of rotatable bonds is 58. The van der Waals surface area contributed by atoms with Gasteiger partial charge in [0.15, 0.2) is 6.10 Å². The van der Waals surface area contributed by atoms with E-state index in [0.29, 0.717) is 19.3 Å². The Hall–Kier alpha value is -4.71. The molecule has 0 heterocycles. The van der Waals surface area contributed by atoms with Crippen LogP contribution in [0.25, 0.3) is 0 Å². The third-order valence-corrected chi connectivity index (χ3v) is 13.6. The van der Waals surface area contributed by atoms with Gasteiger partial charge in [0.1, 0.15) is 13.2 Å². The van der Waals surface area contributed by atoms with E-state index in [9.17, 15) is 14.4 Å². The van der Waals surface area contributed by atoms with E-state index in [1.165, 1.54) is 96.3 Å². The van der Waals surface area contributed by atoms with Crippen molar-refractivity contribution in [1.29, 1.82) is 0 Å². The van der Waals surface area contributed by atoms with Gasteiger partial charge in [-0.2, -0.15) is 0 Å². The summed E-state index contributed by atoms with van der Waals surface area (Å²) < 4.78 is 16.9. The Morgan fingerprint density at radius 3 is 0.762 bits per heavy atom. The second kappa shape index (κ2) is 66.8. The lowest BCUT2D eigenvalue weighted by molar-refractivity contribution is -0.167. The van der Waals surface area contributed by atoms with E-state index in [0.717, 1.165) is 148 Å². The molecule has 1 atom stereocenters. The highest BCUT2D eigenvalue weighted by atomic mass is 16.6. The van der Waals surface area contributed by atoms with Crippen molar-refractivity contribution in [1.82, 2.24) is 0 Å². The molecule has 0 aliphatic carbocycles. The molecule has 0 spiro atoms. The summed E-state index contributed by atoms with van der Waals surface area (Å²) >= 11 is 0. The molecule has 80 heavy (non-hydrogen) atoms. The van der Waals surface area contributed by atoms with Crippen molar-refractivity contribution in [3.8, 4) is 0 Å². The molecule has 0 saturated carbocycles. The maximum absolute atomic E-state index is 12.9. The highest BCUT2D eigenvalue weighted by Gasteiger charge is 2.19. The fourth-order valence-corrected chi connectivity index (χ4v) is 8.74. The number of allylic oxidation sites excluding steroid dienone is 24. The normalized spacial score (nSPS) is 13.1. The number of ether oxygens (including phenoxy) is 3. The lowest BCUT2D eigenvalue weighted by atomic mass is 10.1. The fourth-order valence-electron chi connectivity index (χ4n) is 8.74. The SMILES string of the molecule is CC/C=C\C/C=C\C/C=C\C/C=C\C/C=C\C/C=C\CCCCCCCCCCC(=O)OCC(COC(=O)CCCCCCCCCC)OC(=O)CCCCCCCCCC/C=C\C/C=C\C/C=C\C/C=C\C/C=C\C/C=C\CC. The fraction of sp³-hybridized carbons (Fsp3) is 0.635. The molecular weight excluding hydrogens is 985 g/mol.